The van der Waals surface area contributed by atoms with Crippen molar-refractivity contribution in [3.05, 3.63) is 36.4 Å². The lowest BCUT2D eigenvalue weighted by Crippen LogP contribution is -2.02. The van der Waals surface area contributed by atoms with E-state index in [1.54, 1.807) is 6.07 Å². The molecule has 0 aliphatic carbocycles. The number of rotatable bonds is 1. The van der Waals surface area contributed by atoms with Crippen LogP contribution >= 0.6 is 0 Å². The fourth-order valence-electron chi connectivity index (χ4n) is 2.76. The average molecular weight is 312 g/mol. The first-order valence-corrected chi connectivity index (χ1v) is 6.76. The molecule has 1 aromatic heterocycles. The summed E-state index contributed by atoms with van der Waals surface area (Å²) in [5, 5.41) is 30.2. The van der Waals surface area contributed by atoms with Gasteiger partial charge in [-0.2, -0.15) is 0 Å². The first-order chi connectivity index (χ1) is 11.0. The van der Waals surface area contributed by atoms with E-state index >= 15 is 0 Å². The van der Waals surface area contributed by atoms with Crippen LogP contribution in [0.5, 0.6) is 28.7 Å². The van der Waals surface area contributed by atoms with E-state index in [0.717, 1.165) is 0 Å². The van der Waals surface area contributed by atoms with E-state index in [0.29, 0.717) is 45.1 Å². The molecule has 0 unspecified atom stereocenters. The van der Waals surface area contributed by atoms with Gasteiger partial charge in [-0.05, 0) is 6.07 Å². The molecule has 0 bridgehead atoms. The van der Waals surface area contributed by atoms with Crippen LogP contribution < -0.4 is 9.47 Å². The second-order valence-electron chi connectivity index (χ2n) is 5.19. The van der Waals surface area contributed by atoms with E-state index < -0.39 is 0 Å². The van der Waals surface area contributed by atoms with E-state index in [9.17, 15) is 15.3 Å². The number of phenols is 3. The van der Waals surface area contributed by atoms with Gasteiger partial charge in [0, 0.05) is 23.6 Å². The number of methoxy groups -OCH3 is 1. The van der Waals surface area contributed by atoms with Crippen LogP contribution in [0.4, 0.5) is 0 Å². The van der Waals surface area contributed by atoms with E-state index in [1.165, 1.54) is 25.3 Å². The molecule has 0 atom stereocenters. The number of phenolic OH excluding ortho intramolecular Hbond substituents is 3. The standard InChI is InChI=1S/C17H12O6/c1-7-15-9-5-10(18)11(19)6-13(9)23-17(15)16-12(20)3-8(21-2)4-14(16)22-7/h3-6,18-20H,1H2,2H3. The van der Waals surface area contributed by atoms with Gasteiger partial charge in [0.2, 0.25) is 0 Å². The van der Waals surface area contributed by atoms with Crippen LogP contribution in [0.15, 0.2) is 35.3 Å². The predicted molar refractivity (Wildman–Crippen MR) is 82.9 cm³/mol. The number of ether oxygens (including phenoxy) is 2. The summed E-state index contributed by atoms with van der Waals surface area (Å²) in [4.78, 5) is 0. The molecule has 0 saturated heterocycles. The molecule has 2 heterocycles. The molecular formula is C17H12O6. The van der Waals surface area contributed by atoms with Crippen LogP contribution in [-0.4, -0.2) is 22.4 Å². The lowest BCUT2D eigenvalue weighted by Gasteiger charge is -2.20. The van der Waals surface area contributed by atoms with Crippen molar-refractivity contribution in [2.24, 2.45) is 0 Å². The minimum absolute atomic E-state index is 0.0689. The zero-order valence-corrected chi connectivity index (χ0v) is 12.1. The van der Waals surface area contributed by atoms with Gasteiger partial charge in [-0.3, -0.25) is 0 Å². The Balaban J connectivity index is 2.09. The van der Waals surface area contributed by atoms with E-state index in [2.05, 4.69) is 6.58 Å². The van der Waals surface area contributed by atoms with Crippen LogP contribution in [0.1, 0.15) is 5.56 Å². The van der Waals surface area contributed by atoms with Crippen molar-refractivity contribution in [1.82, 2.24) is 0 Å². The summed E-state index contributed by atoms with van der Waals surface area (Å²) in [5.74, 6) is 0.810. The summed E-state index contributed by atoms with van der Waals surface area (Å²) in [6.07, 6.45) is 0. The third-order valence-electron chi connectivity index (χ3n) is 3.81. The highest BCUT2D eigenvalue weighted by molar-refractivity contribution is 6.01. The molecule has 23 heavy (non-hydrogen) atoms. The largest absolute Gasteiger partial charge is 0.507 e. The number of furan rings is 1. The van der Waals surface area contributed by atoms with Crippen LogP contribution in [0, 0.1) is 0 Å². The molecule has 1 aliphatic rings. The van der Waals surface area contributed by atoms with Crippen LogP contribution in [0.3, 0.4) is 0 Å². The van der Waals surface area contributed by atoms with Gasteiger partial charge >= 0.3 is 0 Å². The van der Waals surface area contributed by atoms with E-state index in [4.69, 9.17) is 13.9 Å². The first-order valence-electron chi connectivity index (χ1n) is 6.76. The molecule has 0 saturated carbocycles. The van der Waals surface area contributed by atoms with Gasteiger partial charge in [-0.15, -0.1) is 0 Å². The molecule has 0 radical (unpaired) electrons. The second kappa shape index (κ2) is 4.36. The Labute approximate surface area is 130 Å². The van der Waals surface area contributed by atoms with E-state index in [-0.39, 0.29) is 17.2 Å². The molecule has 0 fully saturated rings. The molecular weight excluding hydrogens is 300 g/mol. The smallest absolute Gasteiger partial charge is 0.161 e. The molecule has 6 nitrogen and oxygen atoms in total. The molecule has 2 aromatic carbocycles. The van der Waals surface area contributed by atoms with Crippen molar-refractivity contribution in [1.29, 1.82) is 0 Å². The second-order valence-corrected chi connectivity index (χ2v) is 5.19. The van der Waals surface area contributed by atoms with Crippen LogP contribution in [0.25, 0.3) is 28.1 Å². The number of hydrogen-bond donors (Lipinski definition) is 3. The third kappa shape index (κ3) is 1.75. The number of fused-ring (bicyclic) bond motifs is 5. The molecule has 0 amide bonds. The summed E-state index contributed by atoms with van der Waals surface area (Å²) >= 11 is 0. The zero-order chi connectivity index (χ0) is 16.3. The summed E-state index contributed by atoms with van der Waals surface area (Å²) in [7, 11) is 1.48. The van der Waals surface area contributed by atoms with Crippen molar-refractivity contribution in [3.8, 4) is 40.1 Å². The molecule has 1 aliphatic heterocycles. The Morgan fingerprint density at radius 2 is 1.70 bits per heavy atom. The minimum atomic E-state index is -0.297. The van der Waals surface area contributed by atoms with Crippen molar-refractivity contribution < 1.29 is 29.2 Å². The molecule has 116 valence electrons. The van der Waals surface area contributed by atoms with Crippen LogP contribution in [0.2, 0.25) is 0 Å². The van der Waals surface area contributed by atoms with Gasteiger partial charge in [0.25, 0.3) is 0 Å². The van der Waals surface area contributed by atoms with E-state index in [1.807, 2.05) is 0 Å². The van der Waals surface area contributed by atoms with Crippen molar-refractivity contribution in [2.45, 2.75) is 0 Å². The number of benzene rings is 2. The van der Waals surface area contributed by atoms with Gasteiger partial charge in [-0.25, -0.2) is 0 Å². The molecule has 4 rings (SSSR count). The highest BCUT2D eigenvalue weighted by Crippen LogP contribution is 2.52. The Hall–Kier alpha value is -3.28. The monoisotopic (exact) mass is 312 g/mol. The lowest BCUT2D eigenvalue weighted by atomic mass is 9.99. The summed E-state index contributed by atoms with van der Waals surface area (Å²) in [5.41, 5.74) is 1.23. The fourth-order valence-corrected chi connectivity index (χ4v) is 2.76. The predicted octanol–water partition coefficient (Wildman–Crippen LogP) is 3.59. The lowest BCUT2D eigenvalue weighted by molar-refractivity contribution is 0.401. The first kappa shape index (κ1) is 13.4. The molecule has 3 aromatic rings. The normalized spacial score (nSPS) is 12.7. The van der Waals surface area contributed by atoms with Gasteiger partial charge < -0.3 is 29.2 Å². The number of aromatic hydroxyl groups is 3. The SMILES string of the molecule is C=C1Oc2cc(OC)cc(O)c2-c2oc3cc(O)c(O)cc3c21. The Kier molecular flexibility index (Phi) is 2.54. The quantitative estimate of drug-likeness (QED) is 0.595. The van der Waals surface area contributed by atoms with Crippen LogP contribution in [-0.2, 0) is 0 Å². The highest BCUT2D eigenvalue weighted by Gasteiger charge is 2.31. The maximum Gasteiger partial charge on any atom is 0.161 e. The highest BCUT2D eigenvalue weighted by atomic mass is 16.5. The van der Waals surface area contributed by atoms with Crippen molar-refractivity contribution in [3.63, 3.8) is 0 Å². The topological polar surface area (TPSA) is 92.3 Å². The summed E-state index contributed by atoms with van der Waals surface area (Å²) in [6, 6.07) is 5.73. The Morgan fingerprint density at radius 3 is 2.43 bits per heavy atom. The Bertz CT molecular complexity index is 983. The minimum Gasteiger partial charge on any atom is -0.507 e. The molecule has 0 spiro atoms. The van der Waals surface area contributed by atoms with Gasteiger partial charge in [0.1, 0.15) is 34.2 Å². The van der Waals surface area contributed by atoms with Crippen molar-refractivity contribution >= 4 is 16.7 Å². The Morgan fingerprint density at radius 1 is 0.957 bits per heavy atom. The zero-order valence-electron chi connectivity index (χ0n) is 12.1. The molecule has 3 N–H and O–H groups in total. The maximum absolute atomic E-state index is 10.3. The number of hydrogen-bond acceptors (Lipinski definition) is 6. The third-order valence-corrected chi connectivity index (χ3v) is 3.81. The maximum atomic E-state index is 10.3. The van der Waals surface area contributed by atoms with Crippen molar-refractivity contribution in [2.75, 3.05) is 7.11 Å². The van der Waals surface area contributed by atoms with Gasteiger partial charge in [0.05, 0.1) is 12.7 Å². The van der Waals surface area contributed by atoms with Gasteiger partial charge in [0.15, 0.2) is 17.3 Å². The fraction of sp³-hybridized carbons (Fsp3) is 0.0588. The average Bonchev–Trinajstić information content (AvgIpc) is 2.85. The van der Waals surface area contributed by atoms with Gasteiger partial charge in [-0.1, -0.05) is 6.58 Å². The molecule has 6 heteroatoms. The summed E-state index contributed by atoms with van der Waals surface area (Å²) < 4.78 is 16.6. The summed E-state index contributed by atoms with van der Waals surface area (Å²) in [6.45, 7) is 3.87.